The normalized spacial score (nSPS) is 12.9. The fourth-order valence-electron chi connectivity index (χ4n) is 2.65. The molecule has 0 unspecified atom stereocenters. The highest BCUT2D eigenvalue weighted by Crippen LogP contribution is 2.18. The maximum absolute atomic E-state index is 5.50. The molecule has 0 radical (unpaired) electrons. The summed E-state index contributed by atoms with van der Waals surface area (Å²) in [6.07, 6.45) is 6.26. The number of rotatable bonds is 13. The van der Waals surface area contributed by atoms with Crippen molar-refractivity contribution < 1.29 is 17.8 Å². The molecule has 0 N–H and O–H groups in total. The van der Waals surface area contributed by atoms with Crippen LogP contribution >= 0.6 is 0 Å². The van der Waals surface area contributed by atoms with E-state index >= 15 is 0 Å². The Balaban J connectivity index is 4.36. The standard InChI is InChI=1S/C15H36NO3Si/c1-7-9-12-16(3,13-10-8-2)14-11-15-20(17-4,18-5)19-6/h7-15H2,1-6H3/q+1. The van der Waals surface area contributed by atoms with E-state index < -0.39 is 8.80 Å². The molecule has 0 aromatic carbocycles. The predicted octanol–water partition coefficient (Wildman–Crippen LogP) is 3.30. The van der Waals surface area contributed by atoms with Gasteiger partial charge in [0, 0.05) is 33.8 Å². The second-order valence-corrected chi connectivity index (χ2v) is 8.99. The van der Waals surface area contributed by atoms with Crippen LogP contribution in [0.25, 0.3) is 0 Å². The van der Waals surface area contributed by atoms with Crippen molar-refractivity contribution in [2.24, 2.45) is 0 Å². The van der Waals surface area contributed by atoms with Gasteiger partial charge < -0.3 is 17.8 Å². The average molecular weight is 307 g/mol. The van der Waals surface area contributed by atoms with Crippen molar-refractivity contribution in [1.82, 2.24) is 0 Å². The first-order valence-electron chi connectivity index (χ1n) is 8.00. The highest BCUT2D eigenvalue weighted by Gasteiger charge is 2.38. The van der Waals surface area contributed by atoms with Gasteiger partial charge in [0.25, 0.3) is 0 Å². The minimum Gasteiger partial charge on any atom is -0.377 e. The molecule has 0 spiro atoms. The van der Waals surface area contributed by atoms with Gasteiger partial charge in [-0.05, 0) is 12.8 Å². The Bertz CT molecular complexity index is 219. The number of nitrogens with zero attached hydrogens (tertiary/aromatic N) is 1. The molecular weight excluding hydrogens is 270 g/mol. The summed E-state index contributed by atoms with van der Waals surface area (Å²) in [5.41, 5.74) is 0. The summed E-state index contributed by atoms with van der Waals surface area (Å²) in [6.45, 7) is 8.27. The molecule has 0 aromatic rings. The molecule has 0 atom stereocenters. The quantitative estimate of drug-likeness (QED) is 0.386. The van der Waals surface area contributed by atoms with E-state index in [9.17, 15) is 0 Å². The fraction of sp³-hybridized carbons (Fsp3) is 1.00. The summed E-state index contributed by atoms with van der Waals surface area (Å²) in [6, 6.07) is 0.905. The van der Waals surface area contributed by atoms with Crippen LogP contribution in [-0.2, 0) is 13.3 Å². The van der Waals surface area contributed by atoms with Gasteiger partial charge >= 0.3 is 8.80 Å². The van der Waals surface area contributed by atoms with Crippen molar-refractivity contribution >= 4 is 8.80 Å². The molecule has 0 rings (SSSR count). The van der Waals surface area contributed by atoms with E-state index in [1.807, 2.05) is 0 Å². The molecule has 0 amide bonds. The lowest BCUT2D eigenvalue weighted by molar-refractivity contribution is -0.910. The van der Waals surface area contributed by atoms with E-state index in [-0.39, 0.29) is 0 Å². The molecule has 5 heteroatoms. The summed E-state index contributed by atoms with van der Waals surface area (Å²) < 4.78 is 17.7. The van der Waals surface area contributed by atoms with E-state index in [2.05, 4.69) is 20.9 Å². The predicted molar refractivity (Wildman–Crippen MR) is 86.8 cm³/mol. The van der Waals surface area contributed by atoms with Crippen LogP contribution in [-0.4, -0.2) is 61.3 Å². The Morgan fingerprint density at radius 1 is 0.750 bits per heavy atom. The summed E-state index contributed by atoms with van der Waals surface area (Å²) in [5, 5.41) is 0. The van der Waals surface area contributed by atoms with E-state index in [4.69, 9.17) is 13.3 Å². The van der Waals surface area contributed by atoms with Gasteiger partial charge in [-0.1, -0.05) is 26.7 Å². The van der Waals surface area contributed by atoms with Crippen LogP contribution in [0.15, 0.2) is 0 Å². The highest BCUT2D eigenvalue weighted by molar-refractivity contribution is 6.60. The minimum absolute atomic E-state index is 0.905. The number of hydrogen-bond donors (Lipinski definition) is 0. The third kappa shape index (κ3) is 7.18. The van der Waals surface area contributed by atoms with E-state index in [0.717, 1.165) is 12.5 Å². The molecule has 0 aromatic heterocycles. The zero-order chi connectivity index (χ0) is 15.5. The lowest BCUT2D eigenvalue weighted by Gasteiger charge is -2.35. The van der Waals surface area contributed by atoms with Gasteiger partial charge in [-0.25, -0.2) is 0 Å². The molecule has 0 aliphatic rings. The van der Waals surface area contributed by atoms with Crippen LogP contribution in [0.1, 0.15) is 46.0 Å². The van der Waals surface area contributed by atoms with E-state index in [1.165, 1.54) is 49.8 Å². The van der Waals surface area contributed by atoms with Gasteiger partial charge in [-0.3, -0.25) is 0 Å². The average Bonchev–Trinajstić information content (AvgIpc) is 2.48. The van der Waals surface area contributed by atoms with Gasteiger partial charge in [-0.15, -0.1) is 0 Å². The van der Waals surface area contributed by atoms with Crippen LogP contribution in [0.4, 0.5) is 0 Å². The third-order valence-corrected chi connectivity index (χ3v) is 7.05. The molecule has 0 saturated heterocycles. The van der Waals surface area contributed by atoms with Crippen molar-refractivity contribution in [3.63, 3.8) is 0 Å². The number of unbranched alkanes of at least 4 members (excludes halogenated alkanes) is 2. The first kappa shape index (κ1) is 20.1. The third-order valence-electron chi connectivity index (χ3n) is 4.22. The fourth-order valence-corrected chi connectivity index (χ4v) is 4.35. The molecule has 0 aliphatic carbocycles. The summed E-state index contributed by atoms with van der Waals surface area (Å²) in [4.78, 5) is 0. The second-order valence-electron chi connectivity index (χ2n) is 5.90. The summed E-state index contributed by atoms with van der Waals surface area (Å²) >= 11 is 0. The van der Waals surface area contributed by atoms with Crippen molar-refractivity contribution in [1.29, 1.82) is 0 Å². The smallest absolute Gasteiger partial charge is 0.377 e. The van der Waals surface area contributed by atoms with Gasteiger partial charge in [0.2, 0.25) is 0 Å². The van der Waals surface area contributed by atoms with Crippen LogP contribution < -0.4 is 0 Å². The Hall–Kier alpha value is 0.0569. The van der Waals surface area contributed by atoms with Crippen molar-refractivity contribution in [2.75, 3.05) is 48.0 Å². The molecule has 0 heterocycles. The lowest BCUT2D eigenvalue weighted by atomic mass is 10.2. The Morgan fingerprint density at radius 2 is 1.15 bits per heavy atom. The zero-order valence-electron chi connectivity index (χ0n) is 14.5. The Morgan fingerprint density at radius 3 is 1.50 bits per heavy atom. The van der Waals surface area contributed by atoms with Gasteiger partial charge in [0.05, 0.1) is 26.7 Å². The summed E-state index contributed by atoms with van der Waals surface area (Å²) in [7, 11) is 5.09. The maximum atomic E-state index is 5.50. The monoisotopic (exact) mass is 306 g/mol. The molecular formula is C15H36NO3Si+. The second kappa shape index (κ2) is 10.7. The molecule has 4 nitrogen and oxygen atoms in total. The molecule has 0 aliphatic heterocycles. The van der Waals surface area contributed by atoms with E-state index in [0.29, 0.717) is 0 Å². The van der Waals surface area contributed by atoms with Gasteiger partial charge in [0.15, 0.2) is 0 Å². The molecule has 20 heavy (non-hydrogen) atoms. The van der Waals surface area contributed by atoms with Gasteiger partial charge in [0.1, 0.15) is 0 Å². The van der Waals surface area contributed by atoms with Crippen LogP contribution in [0.5, 0.6) is 0 Å². The van der Waals surface area contributed by atoms with Crippen molar-refractivity contribution in [3.05, 3.63) is 0 Å². The number of hydrogen-bond acceptors (Lipinski definition) is 3. The van der Waals surface area contributed by atoms with Crippen LogP contribution in [0.3, 0.4) is 0 Å². The first-order valence-corrected chi connectivity index (χ1v) is 9.93. The van der Waals surface area contributed by atoms with Crippen molar-refractivity contribution in [3.8, 4) is 0 Å². The lowest BCUT2D eigenvalue weighted by Crippen LogP contribution is -2.48. The molecule has 0 fully saturated rings. The first-order chi connectivity index (χ1) is 9.51. The highest BCUT2D eigenvalue weighted by atomic mass is 28.4. The van der Waals surface area contributed by atoms with Gasteiger partial charge in [-0.2, -0.15) is 0 Å². The zero-order valence-corrected chi connectivity index (χ0v) is 15.5. The van der Waals surface area contributed by atoms with E-state index in [1.54, 1.807) is 21.3 Å². The van der Waals surface area contributed by atoms with Crippen LogP contribution in [0.2, 0.25) is 6.04 Å². The van der Waals surface area contributed by atoms with Crippen molar-refractivity contribution in [2.45, 2.75) is 52.0 Å². The maximum Gasteiger partial charge on any atom is 0.500 e. The minimum atomic E-state index is -2.39. The topological polar surface area (TPSA) is 27.7 Å². The molecule has 0 saturated carbocycles. The SMILES string of the molecule is CCCC[N+](C)(CCCC)CCC[Si](OC)(OC)OC. The Labute approximate surface area is 127 Å². The largest absolute Gasteiger partial charge is 0.500 e. The Kier molecular flexibility index (Phi) is 10.8. The molecule has 122 valence electrons. The van der Waals surface area contributed by atoms with Crippen LogP contribution in [0, 0.1) is 0 Å². The summed E-state index contributed by atoms with van der Waals surface area (Å²) in [5.74, 6) is 0. The number of quaternary nitrogens is 1. The molecule has 0 bridgehead atoms.